The summed E-state index contributed by atoms with van der Waals surface area (Å²) in [5, 5.41) is 5.12. The molecular formula is C19H21N5O3S. The summed E-state index contributed by atoms with van der Waals surface area (Å²) in [5.74, 6) is 1.07. The van der Waals surface area contributed by atoms with Crippen molar-refractivity contribution in [3.05, 3.63) is 40.8 Å². The Hall–Kier alpha value is -2.81. The first-order valence-corrected chi connectivity index (χ1v) is 10.2. The summed E-state index contributed by atoms with van der Waals surface area (Å²) < 4.78 is 6.79. The van der Waals surface area contributed by atoms with Crippen LogP contribution < -0.4 is 10.3 Å². The van der Waals surface area contributed by atoms with Gasteiger partial charge in [0.05, 0.1) is 24.7 Å². The normalized spacial score (nSPS) is 14.4. The molecule has 0 aliphatic carbocycles. The van der Waals surface area contributed by atoms with Gasteiger partial charge in [-0.3, -0.25) is 9.59 Å². The lowest BCUT2D eigenvalue weighted by Crippen LogP contribution is -2.36. The van der Waals surface area contributed by atoms with Gasteiger partial charge in [-0.2, -0.15) is 5.10 Å². The maximum absolute atomic E-state index is 12.4. The number of carbonyl (C=O) groups excluding carboxylic acids is 1. The topological polar surface area (TPSA) is 93.1 Å². The zero-order valence-corrected chi connectivity index (χ0v) is 16.4. The van der Waals surface area contributed by atoms with E-state index in [4.69, 9.17) is 4.74 Å². The van der Waals surface area contributed by atoms with Crippen LogP contribution in [0.5, 0.6) is 5.75 Å². The first-order valence-electron chi connectivity index (χ1n) is 9.19. The van der Waals surface area contributed by atoms with E-state index in [1.807, 2.05) is 29.2 Å². The number of hydrogen-bond donors (Lipinski definition) is 1. The van der Waals surface area contributed by atoms with Gasteiger partial charge in [0, 0.05) is 13.1 Å². The molecule has 3 aromatic rings. The van der Waals surface area contributed by atoms with Crippen LogP contribution in [0.15, 0.2) is 40.4 Å². The lowest BCUT2D eigenvalue weighted by molar-refractivity contribution is -0.129. The van der Waals surface area contributed by atoms with E-state index in [1.165, 1.54) is 24.4 Å². The summed E-state index contributed by atoms with van der Waals surface area (Å²) in [5.41, 5.74) is 0.966. The fourth-order valence-electron chi connectivity index (χ4n) is 3.24. The quantitative estimate of drug-likeness (QED) is 0.522. The number of rotatable bonds is 5. The van der Waals surface area contributed by atoms with Gasteiger partial charge in [0.25, 0.3) is 5.56 Å². The van der Waals surface area contributed by atoms with E-state index < -0.39 is 0 Å². The van der Waals surface area contributed by atoms with Gasteiger partial charge in [-0.05, 0) is 43.5 Å². The van der Waals surface area contributed by atoms with Crippen molar-refractivity contribution < 1.29 is 9.53 Å². The van der Waals surface area contributed by atoms with Crippen molar-refractivity contribution >= 4 is 28.7 Å². The van der Waals surface area contributed by atoms with E-state index in [-0.39, 0.29) is 17.2 Å². The van der Waals surface area contributed by atoms with E-state index in [2.05, 4.69) is 15.1 Å². The number of aromatic nitrogens is 4. The Balaban J connectivity index is 1.58. The summed E-state index contributed by atoms with van der Waals surface area (Å²) in [6.45, 7) is 1.62. The molecule has 0 saturated carbocycles. The SMILES string of the molecule is COc1ccc(-n2ncc3c(=O)[nH]c(SCC(=O)N4CCCCC4)nc32)cc1. The average Bonchev–Trinajstić information content (AvgIpc) is 3.17. The number of fused-ring (bicyclic) bond motifs is 1. The van der Waals surface area contributed by atoms with Crippen LogP contribution in [0.1, 0.15) is 19.3 Å². The number of nitrogens with zero attached hydrogens (tertiary/aromatic N) is 4. The fourth-order valence-corrected chi connectivity index (χ4v) is 4.00. The molecule has 1 saturated heterocycles. The standard InChI is InChI=1S/C19H21N5O3S/c1-27-14-7-5-13(6-8-14)24-17-15(11-20-24)18(26)22-19(21-17)28-12-16(25)23-9-3-2-4-10-23/h5-8,11H,2-4,9-10,12H2,1H3,(H,21,22,26). The minimum atomic E-state index is -0.266. The minimum absolute atomic E-state index is 0.0797. The molecule has 1 amide bonds. The molecule has 28 heavy (non-hydrogen) atoms. The van der Waals surface area contributed by atoms with Gasteiger partial charge in [-0.25, -0.2) is 9.67 Å². The van der Waals surface area contributed by atoms with Gasteiger partial charge in [0.2, 0.25) is 5.91 Å². The number of carbonyl (C=O) groups is 1. The minimum Gasteiger partial charge on any atom is -0.497 e. The Morgan fingerprint density at radius 1 is 1.21 bits per heavy atom. The number of likely N-dealkylation sites (tertiary alicyclic amines) is 1. The monoisotopic (exact) mass is 399 g/mol. The third-order valence-electron chi connectivity index (χ3n) is 4.77. The van der Waals surface area contributed by atoms with E-state index in [9.17, 15) is 9.59 Å². The van der Waals surface area contributed by atoms with Crippen LogP contribution in [0.25, 0.3) is 16.7 Å². The van der Waals surface area contributed by atoms with E-state index in [1.54, 1.807) is 11.8 Å². The summed E-state index contributed by atoms with van der Waals surface area (Å²) in [4.78, 5) is 34.0. The van der Waals surface area contributed by atoms with Crippen molar-refractivity contribution in [1.29, 1.82) is 0 Å². The van der Waals surface area contributed by atoms with Gasteiger partial charge in [-0.1, -0.05) is 11.8 Å². The lowest BCUT2D eigenvalue weighted by atomic mass is 10.1. The second-order valence-electron chi connectivity index (χ2n) is 6.59. The number of aromatic amines is 1. The highest BCUT2D eigenvalue weighted by atomic mass is 32.2. The molecule has 0 atom stereocenters. The Morgan fingerprint density at radius 2 is 1.96 bits per heavy atom. The number of benzene rings is 1. The second kappa shape index (κ2) is 8.05. The summed E-state index contributed by atoms with van der Waals surface area (Å²) in [7, 11) is 1.61. The predicted molar refractivity (Wildman–Crippen MR) is 107 cm³/mol. The van der Waals surface area contributed by atoms with Crippen molar-refractivity contribution in [3.63, 3.8) is 0 Å². The maximum atomic E-state index is 12.4. The summed E-state index contributed by atoms with van der Waals surface area (Å²) in [6.07, 6.45) is 4.79. The molecule has 2 aromatic heterocycles. The largest absolute Gasteiger partial charge is 0.497 e. The van der Waals surface area contributed by atoms with Crippen LogP contribution >= 0.6 is 11.8 Å². The predicted octanol–water partition coefficient (Wildman–Crippen LogP) is 2.22. The number of hydrogen-bond acceptors (Lipinski definition) is 6. The molecule has 9 heteroatoms. The van der Waals surface area contributed by atoms with Crippen molar-refractivity contribution in [3.8, 4) is 11.4 Å². The maximum Gasteiger partial charge on any atom is 0.262 e. The van der Waals surface area contributed by atoms with E-state index in [0.29, 0.717) is 16.2 Å². The first kappa shape index (κ1) is 18.5. The summed E-state index contributed by atoms with van der Waals surface area (Å²) >= 11 is 1.25. The number of amides is 1. The molecule has 1 fully saturated rings. The molecule has 1 aliphatic heterocycles. The molecule has 0 spiro atoms. The van der Waals surface area contributed by atoms with Gasteiger partial charge in [0.1, 0.15) is 11.1 Å². The van der Waals surface area contributed by atoms with Crippen LogP contribution in [0.2, 0.25) is 0 Å². The third-order valence-corrected chi connectivity index (χ3v) is 5.63. The van der Waals surface area contributed by atoms with Crippen LogP contribution in [0, 0.1) is 0 Å². The van der Waals surface area contributed by atoms with Crippen molar-refractivity contribution in [2.75, 3.05) is 26.0 Å². The second-order valence-corrected chi connectivity index (χ2v) is 7.56. The lowest BCUT2D eigenvalue weighted by Gasteiger charge is -2.26. The van der Waals surface area contributed by atoms with Crippen LogP contribution in [0.4, 0.5) is 0 Å². The molecule has 4 rings (SSSR count). The van der Waals surface area contributed by atoms with Crippen LogP contribution in [-0.4, -0.2) is 56.5 Å². The van der Waals surface area contributed by atoms with Crippen LogP contribution in [-0.2, 0) is 4.79 Å². The summed E-state index contributed by atoms with van der Waals surface area (Å²) in [6, 6.07) is 7.34. The molecule has 0 radical (unpaired) electrons. The zero-order chi connectivity index (χ0) is 19.5. The Bertz CT molecular complexity index is 1040. The number of ether oxygens (including phenoxy) is 1. The Kier molecular flexibility index (Phi) is 5.34. The molecule has 146 valence electrons. The highest BCUT2D eigenvalue weighted by Crippen LogP contribution is 2.20. The van der Waals surface area contributed by atoms with Gasteiger partial charge in [0.15, 0.2) is 10.8 Å². The Labute approximate surface area is 165 Å². The molecule has 1 aromatic carbocycles. The Morgan fingerprint density at radius 3 is 2.68 bits per heavy atom. The number of nitrogens with one attached hydrogen (secondary N) is 1. The first-order chi connectivity index (χ1) is 13.7. The van der Waals surface area contributed by atoms with Crippen molar-refractivity contribution in [2.45, 2.75) is 24.4 Å². The third kappa shape index (κ3) is 3.75. The smallest absolute Gasteiger partial charge is 0.262 e. The van der Waals surface area contributed by atoms with Gasteiger partial charge in [-0.15, -0.1) is 0 Å². The van der Waals surface area contributed by atoms with Gasteiger partial charge < -0.3 is 14.6 Å². The number of piperidine rings is 1. The van der Waals surface area contributed by atoms with E-state index in [0.717, 1.165) is 37.4 Å². The van der Waals surface area contributed by atoms with Crippen LogP contribution in [0.3, 0.4) is 0 Å². The molecule has 1 aliphatic rings. The van der Waals surface area contributed by atoms with Gasteiger partial charge >= 0.3 is 0 Å². The molecular weight excluding hydrogens is 378 g/mol. The average molecular weight is 399 g/mol. The number of methoxy groups -OCH3 is 1. The number of H-pyrrole nitrogens is 1. The van der Waals surface area contributed by atoms with Crippen molar-refractivity contribution in [1.82, 2.24) is 24.6 Å². The molecule has 0 unspecified atom stereocenters. The zero-order valence-electron chi connectivity index (χ0n) is 15.6. The fraction of sp³-hybridized carbons (Fsp3) is 0.368. The highest BCUT2D eigenvalue weighted by Gasteiger charge is 2.18. The van der Waals surface area contributed by atoms with Crippen molar-refractivity contribution in [2.24, 2.45) is 0 Å². The number of thioether (sulfide) groups is 1. The molecule has 0 bridgehead atoms. The highest BCUT2D eigenvalue weighted by molar-refractivity contribution is 7.99. The molecule has 8 nitrogen and oxygen atoms in total. The van der Waals surface area contributed by atoms with E-state index >= 15 is 0 Å². The molecule has 1 N–H and O–H groups in total. The molecule has 3 heterocycles.